The van der Waals surface area contributed by atoms with Crippen LogP contribution in [0.5, 0.6) is 0 Å². The zero-order valence-electron chi connectivity index (χ0n) is 8.76. The zero-order valence-corrected chi connectivity index (χ0v) is 10.4. The second-order valence-corrected chi connectivity index (χ2v) is 4.61. The van der Waals surface area contributed by atoms with E-state index in [9.17, 15) is 14.4 Å². The van der Waals surface area contributed by atoms with Crippen LogP contribution in [0.1, 0.15) is 10.4 Å². The van der Waals surface area contributed by atoms with Crippen molar-refractivity contribution in [1.29, 1.82) is 0 Å². The summed E-state index contributed by atoms with van der Waals surface area (Å²) >= 11 is 1.82. The van der Waals surface area contributed by atoms with Crippen LogP contribution < -0.4 is 5.32 Å². The minimum Gasteiger partial charge on any atom is -0.478 e. The van der Waals surface area contributed by atoms with Gasteiger partial charge < -0.3 is 15.2 Å². The van der Waals surface area contributed by atoms with E-state index in [1.165, 1.54) is 13.2 Å². The number of thioether (sulfide) groups is 1. The van der Waals surface area contributed by atoms with E-state index in [0.29, 0.717) is 11.8 Å². The fourth-order valence-corrected chi connectivity index (χ4v) is 2.27. The maximum atomic E-state index is 11.4. The van der Waals surface area contributed by atoms with Gasteiger partial charge in [0.15, 0.2) is 0 Å². The summed E-state index contributed by atoms with van der Waals surface area (Å²) in [5.74, 6) is -1.75. The Hall–Kier alpha value is -1.54. The van der Waals surface area contributed by atoms with Crippen molar-refractivity contribution < 1.29 is 24.2 Å². The number of carboxylic acids is 1. The second-order valence-electron chi connectivity index (χ2n) is 2.75. The van der Waals surface area contributed by atoms with Gasteiger partial charge in [0.25, 0.3) is 5.24 Å². The number of aromatic carboxylic acids is 1. The molecule has 6 nitrogen and oxygen atoms in total. The van der Waals surface area contributed by atoms with Crippen LogP contribution in [0.3, 0.4) is 0 Å². The van der Waals surface area contributed by atoms with Gasteiger partial charge in [0.1, 0.15) is 10.8 Å². The molecular formula is C9H9NO5S2. The molecule has 0 radical (unpaired) electrons. The molecular weight excluding hydrogens is 266 g/mol. The number of anilines is 1. The first-order chi connectivity index (χ1) is 8.04. The molecule has 92 valence electrons. The maximum Gasteiger partial charge on any atom is 0.338 e. The number of thiophene rings is 1. The molecule has 17 heavy (non-hydrogen) atoms. The van der Waals surface area contributed by atoms with Gasteiger partial charge in [-0.05, 0) is 11.4 Å². The van der Waals surface area contributed by atoms with Crippen molar-refractivity contribution in [1.82, 2.24) is 0 Å². The van der Waals surface area contributed by atoms with Crippen LogP contribution in [0.25, 0.3) is 0 Å². The summed E-state index contributed by atoms with van der Waals surface area (Å²) in [5, 5.41) is 12.5. The van der Waals surface area contributed by atoms with Gasteiger partial charge >= 0.3 is 11.9 Å². The molecule has 1 heterocycles. The molecule has 0 saturated heterocycles. The molecule has 0 spiro atoms. The molecule has 0 aliphatic rings. The fraction of sp³-hybridized carbons (Fsp3) is 0.222. The third kappa shape index (κ3) is 4.08. The number of amides is 1. The summed E-state index contributed by atoms with van der Waals surface area (Å²) in [7, 11) is 1.22. The molecule has 0 aliphatic carbocycles. The third-order valence-corrected chi connectivity index (χ3v) is 3.23. The Bertz CT molecular complexity index is 442. The molecule has 0 aromatic carbocycles. The number of carbonyl (C=O) groups excluding carboxylic acids is 2. The van der Waals surface area contributed by atoms with Gasteiger partial charge in [-0.1, -0.05) is 11.8 Å². The monoisotopic (exact) mass is 275 g/mol. The van der Waals surface area contributed by atoms with Crippen LogP contribution in [0.4, 0.5) is 9.80 Å². The first-order valence-corrected chi connectivity index (χ1v) is 6.22. The fourth-order valence-electron chi connectivity index (χ4n) is 0.887. The Morgan fingerprint density at radius 2 is 2.24 bits per heavy atom. The number of carbonyl (C=O) groups is 3. The van der Waals surface area contributed by atoms with Crippen LogP contribution in [-0.2, 0) is 9.53 Å². The first-order valence-electron chi connectivity index (χ1n) is 4.36. The number of hydrogen-bond donors (Lipinski definition) is 2. The number of esters is 1. The lowest BCUT2D eigenvalue weighted by molar-refractivity contribution is -0.137. The summed E-state index contributed by atoms with van der Waals surface area (Å²) in [6.45, 7) is 0. The number of ether oxygens (including phenoxy) is 1. The predicted octanol–water partition coefficient (Wildman–Crippen LogP) is 1.88. The van der Waals surface area contributed by atoms with E-state index in [2.05, 4.69) is 10.1 Å². The molecule has 0 atom stereocenters. The Balaban J connectivity index is 2.53. The van der Waals surface area contributed by atoms with E-state index in [1.54, 1.807) is 5.38 Å². The van der Waals surface area contributed by atoms with E-state index < -0.39 is 17.2 Å². The Morgan fingerprint density at radius 3 is 2.82 bits per heavy atom. The molecule has 0 fully saturated rings. The molecule has 1 amide bonds. The molecule has 1 aromatic rings. The molecule has 0 saturated carbocycles. The van der Waals surface area contributed by atoms with E-state index >= 15 is 0 Å². The van der Waals surface area contributed by atoms with Gasteiger partial charge in [-0.3, -0.25) is 9.59 Å². The van der Waals surface area contributed by atoms with Crippen molar-refractivity contribution in [2.45, 2.75) is 0 Å². The number of nitrogens with one attached hydrogen (secondary N) is 1. The van der Waals surface area contributed by atoms with Gasteiger partial charge in [0.2, 0.25) is 0 Å². The Labute approximate surface area is 105 Å². The van der Waals surface area contributed by atoms with E-state index in [-0.39, 0.29) is 16.3 Å². The average Bonchev–Trinajstić information content (AvgIpc) is 2.74. The largest absolute Gasteiger partial charge is 0.478 e. The lowest BCUT2D eigenvalue weighted by Crippen LogP contribution is -2.11. The SMILES string of the molecule is COC(=O)CSC(=O)Nc1sccc1C(=O)O. The van der Waals surface area contributed by atoms with E-state index in [4.69, 9.17) is 5.11 Å². The highest BCUT2D eigenvalue weighted by atomic mass is 32.2. The number of rotatable bonds is 4. The highest BCUT2D eigenvalue weighted by Crippen LogP contribution is 2.24. The van der Waals surface area contributed by atoms with Crippen molar-refractivity contribution >= 4 is 45.3 Å². The van der Waals surface area contributed by atoms with Gasteiger partial charge in [0.05, 0.1) is 12.7 Å². The van der Waals surface area contributed by atoms with E-state index in [1.807, 2.05) is 0 Å². The standard InChI is InChI=1S/C9H9NO5S2/c1-15-6(11)4-17-9(14)10-7-5(8(12)13)2-3-16-7/h2-3H,4H2,1H3,(H,10,14)(H,12,13). The summed E-state index contributed by atoms with van der Waals surface area (Å²) in [6, 6.07) is 1.40. The van der Waals surface area contributed by atoms with Crippen LogP contribution in [0.15, 0.2) is 11.4 Å². The van der Waals surface area contributed by atoms with Crippen molar-refractivity contribution in [2.75, 3.05) is 18.2 Å². The Morgan fingerprint density at radius 1 is 1.53 bits per heavy atom. The summed E-state index contributed by atoms with van der Waals surface area (Å²) in [6.07, 6.45) is 0. The Kier molecular flexibility index (Phi) is 4.98. The highest BCUT2D eigenvalue weighted by molar-refractivity contribution is 8.14. The molecule has 8 heteroatoms. The van der Waals surface area contributed by atoms with Crippen molar-refractivity contribution in [3.8, 4) is 0 Å². The lowest BCUT2D eigenvalue weighted by Gasteiger charge is -2.02. The first kappa shape index (κ1) is 13.5. The zero-order chi connectivity index (χ0) is 12.8. The summed E-state index contributed by atoms with van der Waals surface area (Å²) in [4.78, 5) is 32.9. The average molecular weight is 275 g/mol. The molecule has 2 N–H and O–H groups in total. The molecule has 0 unspecified atom stereocenters. The van der Waals surface area contributed by atoms with Crippen LogP contribution in [0, 0.1) is 0 Å². The highest BCUT2D eigenvalue weighted by Gasteiger charge is 2.14. The van der Waals surface area contributed by atoms with Crippen molar-refractivity contribution in [3.05, 3.63) is 17.0 Å². The van der Waals surface area contributed by atoms with Crippen molar-refractivity contribution in [3.63, 3.8) is 0 Å². The normalized spacial score (nSPS) is 9.71. The molecule has 0 bridgehead atoms. The van der Waals surface area contributed by atoms with Gasteiger partial charge in [0, 0.05) is 0 Å². The summed E-state index contributed by atoms with van der Waals surface area (Å²) in [5.41, 5.74) is 0.0296. The quantitative estimate of drug-likeness (QED) is 0.815. The number of methoxy groups -OCH3 is 1. The molecule has 1 rings (SSSR count). The summed E-state index contributed by atoms with van der Waals surface area (Å²) < 4.78 is 4.37. The second kappa shape index (κ2) is 6.26. The minimum atomic E-state index is -1.11. The van der Waals surface area contributed by atoms with Gasteiger partial charge in [-0.25, -0.2) is 4.79 Å². The van der Waals surface area contributed by atoms with E-state index in [0.717, 1.165) is 11.3 Å². The predicted molar refractivity (Wildman–Crippen MR) is 64.8 cm³/mol. The topological polar surface area (TPSA) is 92.7 Å². The molecule has 1 aromatic heterocycles. The van der Waals surface area contributed by atoms with Gasteiger partial charge in [-0.2, -0.15) is 0 Å². The maximum absolute atomic E-state index is 11.4. The van der Waals surface area contributed by atoms with Crippen LogP contribution in [0.2, 0.25) is 0 Å². The van der Waals surface area contributed by atoms with Gasteiger partial charge in [-0.15, -0.1) is 11.3 Å². The minimum absolute atomic E-state index is 0.0296. The lowest BCUT2D eigenvalue weighted by atomic mass is 10.3. The van der Waals surface area contributed by atoms with Crippen LogP contribution in [-0.4, -0.2) is 35.1 Å². The molecule has 0 aliphatic heterocycles. The smallest absolute Gasteiger partial charge is 0.338 e. The number of carboxylic acid groups (broad SMARTS) is 1. The number of hydrogen-bond acceptors (Lipinski definition) is 6. The van der Waals surface area contributed by atoms with Crippen molar-refractivity contribution in [2.24, 2.45) is 0 Å². The van der Waals surface area contributed by atoms with Crippen LogP contribution >= 0.6 is 23.1 Å². The third-order valence-electron chi connectivity index (χ3n) is 1.66.